The Bertz CT molecular complexity index is 217. The van der Waals surface area contributed by atoms with E-state index < -0.39 is 12.1 Å². The molecule has 10 heavy (non-hydrogen) atoms. The van der Waals surface area contributed by atoms with Gasteiger partial charge < -0.3 is 10.2 Å². The van der Waals surface area contributed by atoms with Crippen LogP contribution in [-0.2, 0) is 4.79 Å². The van der Waals surface area contributed by atoms with Crippen LogP contribution in [0, 0.1) is 0 Å². The Hall–Kier alpha value is -0.870. The second-order valence-corrected chi connectivity index (χ2v) is 2.74. The van der Waals surface area contributed by atoms with Crippen LogP contribution in [0.15, 0.2) is 17.5 Å². The Kier molecular flexibility index (Phi) is 2.03. The molecule has 2 N–H and O–H groups in total. The highest BCUT2D eigenvalue weighted by atomic mass is 32.1. The van der Waals surface area contributed by atoms with Gasteiger partial charge in [0.1, 0.15) is 0 Å². The Morgan fingerprint density at radius 1 is 1.70 bits per heavy atom. The molecule has 0 radical (unpaired) electrons. The number of carbonyl (C=O) groups is 1. The van der Waals surface area contributed by atoms with Gasteiger partial charge in [-0.3, -0.25) is 0 Å². The van der Waals surface area contributed by atoms with Crippen LogP contribution in [0.4, 0.5) is 0 Å². The molecule has 3 nitrogen and oxygen atoms in total. The fraction of sp³-hybridized carbons (Fsp3) is 0.167. The van der Waals surface area contributed by atoms with Crippen molar-refractivity contribution in [3.63, 3.8) is 0 Å². The SMILES string of the molecule is O=C(O)[C@H](O)c1cccs1. The Morgan fingerprint density at radius 2 is 2.40 bits per heavy atom. The lowest BCUT2D eigenvalue weighted by Crippen LogP contribution is -2.08. The van der Waals surface area contributed by atoms with Gasteiger partial charge in [0, 0.05) is 4.88 Å². The summed E-state index contributed by atoms with van der Waals surface area (Å²) in [5.74, 6) is -1.21. The van der Waals surface area contributed by atoms with Crippen molar-refractivity contribution >= 4 is 17.3 Å². The minimum absolute atomic E-state index is 0.465. The third kappa shape index (κ3) is 1.34. The first-order valence-electron chi connectivity index (χ1n) is 2.66. The lowest BCUT2D eigenvalue weighted by molar-refractivity contribution is -0.146. The summed E-state index contributed by atoms with van der Waals surface area (Å²) in [6, 6.07) is 3.29. The summed E-state index contributed by atoms with van der Waals surface area (Å²) < 4.78 is 0. The maximum absolute atomic E-state index is 10.2. The van der Waals surface area contributed by atoms with E-state index in [1.807, 2.05) is 0 Å². The van der Waals surface area contributed by atoms with Crippen LogP contribution >= 0.6 is 11.3 Å². The lowest BCUT2D eigenvalue weighted by Gasteiger charge is -1.98. The molecule has 1 aromatic heterocycles. The third-order valence-electron chi connectivity index (χ3n) is 1.05. The van der Waals surface area contributed by atoms with Crippen molar-refractivity contribution in [1.29, 1.82) is 0 Å². The molecule has 0 unspecified atom stereocenters. The highest BCUT2D eigenvalue weighted by molar-refractivity contribution is 7.10. The van der Waals surface area contributed by atoms with Gasteiger partial charge in [-0.1, -0.05) is 6.07 Å². The minimum Gasteiger partial charge on any atom is -0.479 e. The van der Waals surface area contributed by atoms with Gasteiger partial charge in [0.05, 0.1) is 0 Å². The van der Waals surface area contributed by atoms with Crippen LogP contribution in [0.5, 0.6) is 0 Å². The van der Waals surface area contributed by atoms with E-state index in [-0.39, 0.29) is 0 Å². The number of carboxylic acids is 1. The number of carboxylic acid groups (broad SMARTS) is 1. The van der Waals surface area contributed by atoms with E-state index in [9.17, 15) is 4.79 Å². The van der Waals surface area contributed by atoms with E-state index in [0.29, 0.717) is 4.88 Å². The average molecular weight is 158 g/mol. The summed E-state index contributed by atoms with van der Waals surface area (Å²) in [4.78, 5) is 10.6. The molecule has 0 amide bonds. The fourth-order valence-electron chi connectivity index (χ4n) is 0.569. The molecule has 54 valence electrons. The molecule has 0 spiro atoms. The summed E-state index contributed by atoms with van der Waals surface area (Å²) in [6.07, 6.45) is -1.36. The van der Waals surface area contributed by atoms with Gasteiger partial charge in [0.25, 0.3) is 0 Å². The highest BCUT2D eigenvalue weighted by Crippen LogP contribution is 2.18. The largest absolute Gasteiger partial charge is 0.479 e. The van der Waals surface area contributed by atoms with Crippen LogP contribution < -0.4 is 0 Å². The quantitative estimate of drug-likeness (QED) is 0.671. The molecular weight excluding hydrogens is 152 g/mol. The summed E-state index contributed by atoms with van der Waals surface area (Å²) in [5, 5.41) is 18.9. The molecule has 1 atom stereocenters. The van der Waals surface area contributed by atoms with Gasteiger partial charge in [-0.2, -0.15) is 0 Å². The van der Waals surface area contributed by atoms with Crippen molar-refractivity contribution < 1.29 is 15.0 Å². The van der Waals surface area contributed by atoms with Crippen molar-refractivity contribution in [1.82, 2.24) is 0 Å². The smallest absolute Gasteiger partial charge is 0.338 e. The van der Waals surface area contributed by atoms with Gasteiger partial charge in [0.2, 0.25) is 0 Å². The molecule has 1 heterocycles. The summed E-state index contributed by atoms with van der Waals surface area (Å²) >= 11 is 1.23. The molecule has 0 fully saturated rings. The standard InChI is InChI=1S/C6H6O3S/c7-5(6(8)9)4-2-1-3-10-4/h1-3,5,7H,(H,8,9)/t5-/m1/s1. The predicted octanol–water partition coefficient (Wildman–Crippen LogP) is 0.866. The molecule has 0 bridgehead atoms. The first-order chi connectivity index (χ1) is 4.72. The van der Waals surface area contributed by atoms with Gasteiger partial charge in [-0.15, -0.1) is 11.3 Å². The van der Waals surface area contributed by atoms with E-state index in [2.05, 4.69) is 0 Å². The molecule has 1 rings (SSSR count). The molecule has 1 aromatic rings. The first-order valence-corrected chi connectivity index (χ1v) is 3.54. The van der Waals surface area contributed by atoms with Crippen LogP contribution in [0.2, 0.25) is 0 Å². The van der Waals surface area contributed by atoms with Crippen molar-refractivity contribution in [3.05, 3.63) is 22.4 Å². The first kappa shape index (κ1) is 7.24. The zero-order valence-electron chi connectivity index (χ0n) is 5.02. The van der Waals surface area contributed by atoms with Gasteiger partial charge in [-0.25, -0.2) is 4.79 Å². The van der Waals surface area contributed by atoms with E-state index in [1.54, 1.807) is 17.5 Å². The lowest BCUT2D eigenvalue weighted by atomic mass is 10.3. The van der Waals surface area contributed by atoms with Crippen molar-refractivity contribution in [3.8, 4) is 0 Å². The fourth-order valence-corrected chi connectivity index (χ4v) is 1.27. The molecule has 0 aliphatic carbocycles. The van der Waals surface area contributed by atoms with Gasteiger partial charge in [-0.05, 0) is 11.4 Å². The van der Waals surface area contributed by atoms with Crippen LogP contribution in [0.1, 0.15) is 11.0 Å². The summed E-state index contributed by atoms with van der Waals surface area (Å²) in [7, 11) is 0. The third-order valence-corrected chi connectivity index (χ3v) is 1.97. The van der Waals surface area contributed by atoms with E-state index in [4.69, 9.17) is 10.2 Å². The monoisotopic (exact) mass is 158 g/mol. The number of rotatable bonds is 2. The molecule has 0 saturated carbocycles. The second kappa shape index (κ2) is 2.81. The van der Waals surface area contributed by atoms with Crippen LogP contribution in [-0.4, -0.2) is 16.2 Å². The molecule has 0 aromatic carbocycles. The van der Waals surface area contributed by atoms with E-state index >= 15 is 0 Å². The summed E-state index contributed by atoms with van der Waals surface area (Å²) in [6.45, 7) is 0. The normalized spacial score (nSPS) is 12.9. The van der Waals surface area contributed by atoms with Crippen molar-refractivity contribution in [2.75, 3.05) is 0 Å². The summed E-state index contributed by atoms with van der Waals surface area (Å²) in [5.41, 5.74) is 0. The number of hydrogen-bond acceptors (Lipinski definition) is 3. The maximum atomic E-state index is 10.2. The second-order valence-electron chi connectivity index (χ2n) is 1.76. The predicted molar refractivity (Wildman–Crippen MR) is 36.9 cm³/mol. The van der Waals surface area contributed by atoms with Crippen molar-refractivity contribution in [2.45, 2.75) is 6.10 Å². The molecular formula is C6H6O3S. The number of aliphatic hydroxyl groups is 1. The average Bonchev–Trinajstić information content (AvgIpc) is 2.36. The number of aliphatic hydroxyl groups excluding tert-OH is 1. The Morgan fingerprint density at radius 3 is 2.80 bits per heavy atom. The highest BCUT2D eigenvalue weighted by Gasteiger charge is 2.15. The van der Waals surface area contributed by atoms with Crippen molar-refractivity contribution in [2.24, 2.45) is 0 Å². The maximum Gasteiger partial charge on any atom is 0.338 e. The van der Waals surface area contributed by atoms with Crippen LogP contribution in [0.3, 0.4) is 0 Å². The zero-order valence-corrected chi connectivity index (χ0v) is 5.84. The molecule has 0 saturated heterocycles. The minimum atomic E-state index is -1.36. The molecule has 4 heteroatoms. The number of thiophene rings is 1. The van der Waals surface area contributed by atoms with E-state index in [1.165, 1.54) is 11.3 Å². The van der Waals surface area contributed by atoms with Gasteiger partial charge in [0.15, 0.2) is 6.10 Å². The number of aliphatic carboxylic acids is 1. The van der Waals surface area contributed by atoms with Crippen LogP contribution in [0.25, 0.3) is 0 Å². The van der Waals surface area contributed by atoms with Gasteiger partial charge >= 0.3 is 5.97 Å². The Labute approximate surface area is 61.6 Å². The van der Waals surface area contributed by atoms with E-state index in [0.717, 1.165) is 0 Å². The molecule has 0 aliphatic rings. The number of hydrogen-bond donors (Lipinski definition) is 2. The zero-order chi connectivity index (χ0) is 7.56. The Balaban J connectivity index is 2.77. The topological polar surface area (TPSA) is 57.5 Å². The molecule has 0 aliphatic heterocycles.